The second-order valence-electron chi connectivity index (χ2n) is 6.20. The minimum atomic E-state index is -3.90. The molecule has 0 unspecified atom stereocenters. The Labute approximate surface area is 144 Å². The monoisotopic (exact) mass is 368 g/mol. The van der Waals surface area contributed by atoms with E-state index in [0.717, 1.165) is 0 Å². The first-order chi connectivity index (χ1) is 11.7. The number of benzene rings is 1. The van der Waals surface area contributed by atoms with Crippen molar-refractivity contribution in [3.63, 3.8) is 0 Å². The Morgan fingerprint density at radius 3 is 2.56 bits per heavy atom. The Balaban J connectivity index is 1.73. The van der Waals surface area contributed by atoms with Crippen molar-refractivity contribution in [3.8, 4) is 0 Å². The van der Waals surface area contributed by atoms with E-state index in [0.29, 0.717) is 11.3 Å². The standard InChI is InChI=1S/C16H17FN2O5S/c1-10-7-11(3-4-12(10)17)18-15(20)13-5-6-14(24-13)25(21,22)19-16(2)8-23-9-16/h3-7,19H,8-9H2,1-2H3,(H,18,20). The maximum absolute atomic E-state index is 13.2. The summed E-state index contributed by atoms with van der Waals surface area (Å²) in [7, 11) is -3.90. The van der Waals surface area contributed by atoms with Crippen LogP contribution in [-0.2, 0) is 14.8 Å². The molecule has 1 aliphatic heterocycles. The Morgan fingerprint density at radius 1 is 1.24 bits per heavy atom. The highest BCUT2D eigenvalue weighted by atomic mass is 32.2. The van der Waals surface area contributed by atoms with Crippen molar-refractivity contribution < 1.29 is 26.8 Å². The summed E-state index contributed by atoms with van der Waals surface area (Å²) in [6, 6.07) is 6.57. The maximum Gasteiger partial charge on any atom is 0.291 e. The molecule has 1 amide bonds. The first-order valence-electron chi connectivity index (χ1n) is 7.48. The average Bonchev–Trinajstić information content (AvgIpc) is 3.00. The van der Waals surface area contributed by atoms with E-state index in [1.807, 2.05) is 0 Å². The van der Waals surface area contributed by atoms with E-state index in [-0.39, 0.29) is 29.9 Å². The molecule has 0 saturated carbocycles. The fourth-order valence-electron chi connectivity index (χ4n) is 2.34. The van der Waals surface area contributed by atoms with Gasteiger partial charge in [-0.1, -0.05) is 0 Å². The van der Waals surface area contributed by atoms with Crippen molar-refractivity contribution >= 4 is 21.6 Å². The molecule has 0 atom stereocenters. The zero-order chi connectivity index (χ0) is 18.2. The van der Waals surface area contributed by atoms with Gasteiger partial charge in [0.25, 0.3) is 15.9 Å². The zero-order valence-corrected chi connectivity index (χ0v) is 14.4. The van der Waals surface area contributed by atoms with Crippen molar-refractivity contribution in [3.05, 3.63) is 47.5 Å². The number of nitrogens with one attached hydrogen (secondary N) is 2. The number of ether oxygens (including phenoxy) is 1. The summed E-state index contributed by atoms with van der Waals surface area (Å²) in [6.45, 7) is 3.81. The van der Waals surface area contributed by atoms with Gasteiger partial charge < -0.3 is 14.5 Å². The number of hydrogen-bond donors (Lipinski definition) is 2. The summed E-state index contributed by atoms with van der Waals surface area (Å²) in [5.74, 6) is -1.19. The Morgan fingerprint density at radius 2 is 1.96 bits per heavy atom. The topological polar surface area (TPSA) is 97.6 Å². The molecule has 1 aliphatic rings. The molecule has 7 nitrogen and oxygen atoms in total. The van der Waals surface area contributed by atoms with E-state index < -0.39 is 21.5 Å². The van der Waals surface area contributed by atoms with E-state index in [4.69, 9.17) is 9.15 Å². The predicted octanol–water partition coefficient (Wildman–Crippen LogP) is 2.05. The van der Waals surface area contributed by atoms with Crippen LogP contribution in [0.3, 0.4) is 0 Å². The molecule has 3 rings (SSSR count). The molecule has 0 spiro atoms. The van der Waals surface area contributed by atoms with Gasteiger partial charge in [0.2, 0.25) is 5.09 Å². The van der Waals surface area contributed by atoms with Crippen LogP contribution in [0.1, 0.15) is 23.0 Å². The highest BCUT2D eigenvalue weighted by molar-refractivity contribution is 7.89. The van der Waals surface area contributed by atoms with Crippen molar-refractivity contribution in [1.82, 2.24) is 4.72 Å². The van der Waals surface area contributed by atoms with Gasteiger partial charge in [-0.25, -0.2) is 12.8 Å². The van der Waals surface area contributed by atoms with Crippen molar-refractivity contribution in [1.29, 1.82) is 0 Å². The van der Waals surface area contributed by atoms with Gasteiger partial charge >= 0.3 is 0 Å². The Kier molecular flexibility index (Phi) is 4.40. The molecule has 0 radical (unpaired) electrons. The van der Waals surface area contributed by atoms with Crippen molar-refractivity contribution in [2.45, 2.75) is 24.5 Å². The number of anilines is 1. The predicted molar refractivity (Wildman–Crippen MR) is 87.3 cm³/mol. The number of furan rings is 1. The molecule has 1 aromatic carbocycles. The highest BCUT2D eigenvalue weighted by Crippen LogP contribution is 2.22. The average molecular weight is 368 g/mol. The Hall–Kier alpha value is -2.23. The van der Waals surface area contributed by atoms with Crippen molar-refractivity contribution in [2.24, 2.45) is 0 Å². The molecule has 2 N–H and O–H groups in total. The van der Waals surface area contributed by atoms with Gasteiger partial charge in [0, 0.05) is 5.69 Å². The normalized spacial score (nSPS) is 16.3. The second-order valence-corrected chi connectivity index (χ2v) is 7.81. The van der Waals surface area contributed by atoms with Crippen LogP contribution in [0.2, 0.25) is 0 Å². The summed E-state index contributed by atoms with van der Waals surface area (Å²) in [4.78, 5) is 12.2. The molecule has 2 aromatic rings. The van der Waals surface area contributed by atoms with Crippen LogP contribution in [0.25, 0.3) is 0 Å². The van der Waals surface area contributed by atoms with Gasteiger partial charge in [0.15, 0.2) is 5.76 Å². The van der Waals surface area contributed by atoms with Gasteiger partial charge in [-0.2, -0.15) is 4.72 Å². The van der Waals surface area contributed by atoms with Gasteiger partial charge in [-0.15, -0.1) is 0 Å². The quantitative estimate of drug-likeness (QED) is 0.842. The summed E-state index contributed by atoms with van der Waals surface area (Å²) < 4.78 is 50.5. The van der Waals surface area contributed by atoms with E-state index in [1.54, 1.807) is 13.8 Å². The van der Waals surface area contributed by atoms with E-state index in [9.17, 15) is 17.6 Å². The SMILES string of the molecule is Cc1cc(NC(=O)c2ccc(S(=O)(=O)NC3(C)COC3)o2)ccc1F. The zero-order valence-electron chi connectivity index (χ0n) is 13.6. The summed E-state index contributed by atoms with van der Waals surface area (Å²) in [6.07, 6.45) is 0. The van der Waals surface area contributed by atoms with Crippen LogP contribution >= 0.6 is 0 Å². The smallest absolute Gasteiger partial charge is 0.291 e. The fourth-order valence-corrected chi connectivity index (χ4v) is 3.66. The summed E-state index contributed by atoms with van der Waals surface area (Å²) >= 11 is 0. The molecular formula is C16H17FN2O5S. The van der Waals surface area contributed by atoms with Gasteiger partial charge in [-0.05, 0) is 49.7 Å². The number of sulfonamides is 1. The van der Waals surface area contributed by atoms with Gasteiger partial charge in [-0.3, -0.25) is 4.79 Å². The number of halogens is 1. The van der Waals surface area contributed by atoms with Crippen LogP contribution in [-0.4, -0.2) is 33.1 Å². The maximum atomic E-state index is 13.2. The molecule has 0 bridgehead atoms. The first kappa shape index (κ1) is 17.6. The van der Waals surface area contributed by atoms with Crippen molar-refractivity contribution in [2.75, 3.05) is 18.5 Å². The molecule has 0 aliphatic carbocycles. The van der Waals surface area contributed by atoms with E-state index >= 15 is 0 Å². The fraction of sp³-hybridized carbons (Fsp3) is 0.312. The number of hydrogen-bond acceptors (Lipinski definition) is 5. The number of carbonyl (C=O) groups excluding carboxylic acids is 1. The molecular weight excluding hydrogens is 351 g/mol. The third-order valence-corrected chi connectivity index (χ3v) is 5.22. The summed E-state index contributed by atoms with van der Waals surface area (Å²) in [5, 5.41) is 2.17. The molecule has 9 heteroatoms. The molecule has 2 heterocycles. The molecule has 1 aromatic heterocycles. The third-order valence-electron chi connectivity index (χ3n) is 3.71. The lowest BCUT2D eigenvalue weighted by Gasteiger charge is -2.37. The molecule has 1 fully saturated rings. The lowest BCUT2D eigenvalue weighted by atomic mass is 10.0. The number of aryl methyl sites for hydroxylation is 1. The minimum Gasteiger partial charge on any atom is -0.438 e. The largest absolute Gasteiger partial charge is 0.438 e. The van der Waals surface area contributed by atoms with Gasteiger partial charge in [0.05, 0.1) is 18.8 Å². The number of carbonyl (C=O) groups is 1. The van der Waals surface area contributed by atoms with Crippen LogP contribution in [0, 0.1) is 12.7 Å². The second kappa shape index (κ2) is 6.25. The highest BCUT2D eigenvalue weighted by Gasteiger charge is 2.39. The van der Waals surface area contributed by atoms with Crippen LogP contribution < -0.4 is 10.0 Å². The third kappa shape index (κ3) is 3.73. The first-order valence-corrected chi connectivity index (χ1v) is 8.96. The molecule has 1 saturated heterocycles. The lowest BCUT2D eigenvalue weighted by Crippen LogP contribution is -2.59. The number of amides is 1. The lowest BCUT2D eigenvalue weighted by molar-refractivity contribution is -0.0524. The van der Waals surface area contributed by atoms with E-state index in [1.165, 1.54) is 30.3 Å². The molecule has 25 heavy (non-hydrogen) atoms. The van der Waals surface area contributed by atoms with Crippen LogP contribution in [0.4, 0.5) is 10.1 Å². The van der Waals surface area contributed by atoms with Gasteiger partial charge in [0.1, 0.15) is 5.82 Å². The van der Waals surface area contributed by atoms with Crippen LogP contribution in [0.5, 0.6) is 0 Å². The van der Waals surface area contributed by atoms with Crippen LogP contribution in [0.15, 0.2) is 39.8 Å². The summed E-state index contributed by atoms with van der Waals surface area (Å²) in [5.41, 5.74) is 0.0716. The Bertz CT molecular complexity index is 918. The minimum absolute atomic E-state index is 0.169. The molecule has 134 valence electrons. The van der Waals surface area contributed by atoms with E-state index in [2.05, 4.69) is 10.0 Å². The number of rotatable bonds is 5.